The van der Waals surface area contributed by atoms with Gasteiger partial charge in [0.1, 0.15) is 23.9 Å². The highest BCUT2D eigenvalue weighted by atomic mass is 32.2. The number of amides is 4. The number of carboxylic acid groups (broad SMARTS) is 1. The number of hydroxylamine groups is 2. The molecule has 0 radical (unpaired) electrons. The lowest BCUT2D eigenvalue weighted by atomic mass is 9.71. The van der Waals surface area contributed by atoms with Crippen LogP contribution < -0.4 is 20.1 Å². The van der Waals surface area contributed by atoms with Gasteiger partial charge in [0, 0.05) is 43.9 Å². The largest absolute Gasteiger partial charge is 0.481 e. The Hall–Kier alpha value is -6.06. The smallest absolute Gasteiger partial charge is 0.358 e. The summed E-state index contributed by atoms with van der Waals surface area (Å²) in [5.74, 6) is -4.27. The summed E-state index contributed by atoms with van der Waals surface area (Å²) in [5.41, 5.74) is -3.31. The van der Waals surface area contributed by atoms with Crippen molar-refractivity contribution < 1.29 is 65.7 Å². The standard InChI is InChI=1S/C43H55FN6O13S/c1-40(2,26-41(3,4)38(56)57)31-21-29(11-14-32(31)44)62-28-9-12-30(13-10-28)64(58,59)49-39-46-23-27(24-47-39)37(55)48-42(5,6)17-19-61-43(7,8)22-33(51)45-18-20-60-25-36(54)63-50-34(52)15-16-35(50)53/h9-14,21,23-24H,15-20,22,25-26H2,1-8H3,(H,45,51)(H,48,55)(H,56,57)(H,46,47,49). The second-order valence-electron chi connectivity index (χ2n) is 17.7. The fraction of sp³-hybridized carbons (Fsp3) is 0.488. The fourth-order valence-electron chi connectivity index (χ4n) is 6.59. The molecule has 348 valence electrons. The van der Waals surface area contributed by atoms with Crippen LogP contribution in [-0.4, -0.2) is 102 Å². The van der Waals surface area contributed by atoms with Crippen LogP contribution in [0, 0.1) is 11.2 Å². The third-order valence-corrected chi connectivity index (χ3v) is 11.2. The van der Waals surface area contributed by atoms with Gasteiger partial charge in [-0.3, -0.25) is 24.0 Å². The molecule has 1 aromatic heterocycles. The number of sulfonamides is 1. The number of nitrogens with zero attached hydrogens (tertiary/aromatic N) is 3. The summed E-state index contributed by atoms with van der Waals surface area (Å²) >= 11 is 0. The van der Waals surface area contributed by atoms with Gasteiger partial charge in [0.15, 0.2) is 0 Å². The van der Waals surface area contributed by atoms with Crippen molar-refractivity contribution in [1.29, 1.82) is 0 Å². The summed E-state index contributed by atoms with van der Waals surface area (Å²) in [6.45, 7) is 13.3. The normalized spacial score (nSPS) is 13.7. The van der Waals surface area contributed by atoms with Gasteiger partial charge < -0.3 is 34.8 Å². The predicted octanol–water partition coefficient (Wildman–Crippen LogP) is 4.81. The molecule has 0 atom stereocenters. The molecule has 2 heterocycles. The Morgan fingerprint density at radius 2 is 1.48 bits per heavy atom. The third kappa shape index (κ3) is 14.8. The molecule has 19 nitrogen and oxygen atoms in total. The maximum Gasteiger partial charge on any atom is 0.358 e. The number of rotatable bonds is 23. The van der Waals surface area contributed by atoms with Crippen LogP contribution in [0.15, 0.2) is 59.8 Å². The quantitative estimate of drug-likeness (QED) is 0.0735. The number of carbonyl (C=O) groups excluding carboxylic acids is 5. The van der Waals surface area contributed by atoms with E-state index in [9.17, 15) is 46.7 Å². The summed E-state index contributed by atoms with van der Waals surface area (Å²) in [4.78, 5) is 84.7. The Labute approximate surface area is 370 Å². The predicted molar refractivity (Wildman–Crippen MR) is 227 cm³/mol. The number of hydrogen-bond donors (Lipinski definition) is 4. The van der Waals surface area contributed by atoms with Crippen LogP contribution in [0.3, 0.4) is 0 Å². The number of imide groups is 1. The van der Waals surface area contributed by atoms with Crippen LogP contribution in [0.25, 0.3) is 0 Å². The summed E-state index contributed by atoms with van der Waals surface area (Å²) in [5, 5.41) is 15.5. The Morgan fingerprint density at radius 1 is 0.875 bits per heavy atom. The zero-order chi connectivity index (χ0) is 47.7. The first-order valence-corrected chi connectivity index (χ1v) is 21.7. The number of aliphatic carboxylic acids is 1. The number of hydrogen-bond acceptors (Lipinski definition) is 14. The lowest BCUT2D eigenvalue weighted by molar-refractivity contribution is -0.200. The third-order valence-electron chi connectivity index (χ3n) is 9.88. The van der Waals surface area contributed by atoms with Gasteiger partial charge in [-0.25, -0.2) is 32.3 Å². The molecule has 1 aliphatic heterocycles. The molecule has 0 saturated carbocycles. The van der Waals surface area contributed by atoms with Crippen LogP contribution in [-0.2, 0) is 53.7 Å². The number of benzene rings is 2. The van der Waals surface area contributed by atoms with Gasteiger partial charge in [-0.2, -0.15) is 0 Å². The highest BCUT2D eigenvalue weighted by Crippen LogP contribution is 2.39. The topological polar surface area (TPSA) is 259 Å². The summed E-state index contributed by atoms with van der Waals surface area (Å²) in [6.07, 6.45) is 2.78. The first-order chi connectivity index (χ1) is 29.7. The minimum atomic E-state index is -4.17. The van der Waals surface area contributed by atoms with Gasteiger partial charge >= 0.3 is 11.9 Å². The molecule has 2 aromatic carbocycles. The highest BCUT2D eigenvalue weighted by Gasteiger charge is 2.37. The molecule has 21 heteroatoms. The van der Waals surface area contributed by atoms with E-state index in [-0.39, 0.29) is 84.8 Å². The Morgan fingerprint density at radius 3 is 2.09 bits per heavy atom. The van der Waals surface area contributed by atoms with Crippen molar-refractivity contribution >= 4 is 51.5 Å². The van der Waals surface area contributed by atoms with Crippen LogP contribution in [0.1, 0.15) is 103 Å². The number of carboxylic acids is 1. The molecule has 4 N–H and O–H groups in total. The minimum Gasteiger partial charge on any atom is -0.481 e. The molecule has 1 saturated heterocycles. The summed E-state index contributed by atoms with van der Waals surface area (Å²) in [7, 11) is -4.17. The van der Waals surface area contributed by atoms with Crippen LogP contribution in [0.4, 0.5) is 10.3 Å². The van der Waals surface area contributed by atoms with E-state index in [0.29, 0.717) is 11.5 Å². The van der Waals surface area contributed by atoms with E-state index >= 15 is 0 Å². The molecule has 4 rings (SSSR count). The van der Waals surface area contributed by atoms with Gasteiger partial charge in [-0.1, -0.05) is 13.8 Å². The van der Waals surface area contributed by atoms with E-state index in [1.165, 1.54) is 54.9 Å². The van der Waals surface area contributed by atoms with Crippen molar-refractivity contribution in [1.82, 2.24) is 25.7 Å². The number of aromatic nitrogens is 2. The zero-order valence-corrected chi connectivity index (χ0v) is 37.9. The first-order valence-electron chi connectivity index (χ1n) is 20.2. The molecule has 1 aliphatic rings. The van der Waals surface area contributed by atoms with Crippen molar-refractivity contribution in [3.05, 3.63) is 71.8 Å². The zero-order valence-electron chi connectivity index (χ0n) is 37.0. The number of halogens is 1. The molecule has 0 unspecified atom stereocenters. The van der Waals surface area contributed by atoms with E-state index in [1.807, 2.05) is 0 Å². The Balaban J connectivity index is 1.20. The van der Waals surface area contributed by atoms with Gasteiger partial charge in [0.05, 0.1) is 34.5 Å². The number of carbonyl (C=O) groups is 6. The molecule has 0 bridgehead atoms. The molecule has 64 heavy (non-hydrogen) atoms. The van der Waals surface area contributed by atoms with Crippen molar-refractivity contribution in [3.63, 3.8) is 0 Å². The Kier molecular flexibility index (Phi) is 16.3. The average Bonchev–Trinajstić information content (AvgIpc) is 3.49. The second kappa shape index (κ2) is 20.6. The SMILES string of the molecule is CC(C)(CCOC(C)(C)CC(=O)NCCOCC(=O)ON1C(=O)CCC1=O)NC(=O)c1cnc(NS(=O)(=O)c2ccc(Oc3ccc(F)c(C(C)(C)CC(C)(C)C(=O)O)c3)cc2)nc1. The van der Waals surface area contributed by atoms with Gasteiger partial charge in [0.25, 0.3) is 27.7 Å². The monoisotopic (exact) mass is 914 g/mol. The maximum atomic E-state index is 14.9. The first kappa shape index (κ1) is 50.6. The number of nitrogens with one attached hydrogen (secondary N) is 3. The summed E-state index contributed by atoms with van der Waals surface area (Å²) < 4.78 is 60.5. The second-order valence-corrected chi connectivity index (χ2v) is 19.4. The fourth-order valence-corrected chi connectivity index (χ4v) is 7.55. The molecule has 0 spiro atoms. The minimum absolute atomic E-state index is 0.00996. The van der Waals surface area contributed by atoms with Gasteiger partial charge in [0.2, 0.25) is 11.9 Å². The lowest BCUT2D eigenvalue weighted by Crippen LogP contribution is -2.45. The molecule has 4 amide bonds. The van der Waals surface area contributed by atoms with E-state index in [4.69, 9.17) is 19.0 Å². The molecule has 0 aliphatic carbocycles. The molecule has 1 fully saturated rings. The van der Waals surface area contributed by atoms with Gasteiger partial charge in [-0.15, -0.1) is 5.06 Å². The average molecular weight is 915 g/mol. The van der Waals surface area contributed by atoms with E-state index in [1.54, 1.807) is 55.4 Å². The van der Waals surface area contributed by atoms with Crippen LogP contribution in [0.5, 0.6) is 11.5 Å². The highest BCUT2D eigenvalue weighted by molar-refractivity contribution is 7.92. The van der Waals surface area contributed by atoms with Crippen molar-refractivity contribution in [2.75, 3.05) is 31.1 Å². The maximum absolute atomic E-state index is 14.9. The van der Waals surface area contributed by atoms with Crippen LogP contribution in [0.2, 0.25) is 0 Å². The number of ether oxygens (including phenoxy) is 3. The van der Waals surface area contributed by atoms with Crippen molar-refractivity contribution in [3.8, 4) is 11.5 Å². The van der Waals surface area contributed by atoms with Crippen LogP contribution >= 0.6 is 0 Å². The number of anilines is 1. The van der Waals surface area contributed by atoms with E-state index in [0.717, 1.165) is 0 Å². The molecular formula is C43H55FN6O13S. The lowest BCUT2D eigenvalue weighted by Gasteiger charge is -2.33. The van der Waals surface area contributed by atoms with Gasteiger partial charge in [-0.05, 0) is 108 Å². The van der Waals surface area contributed by atoms with Crippen molar-refractivity contribution in [2.45, 2.75) is 109 Å². The van der Waals surface area contributed by atoms with E-state index < -0.39 is 74.1 Å². The Bertz CT molecular complexity index is 2300. The molecular weight excluding hydrogens is 860 g/mol. The molecule has 3 aromatic rings. The van der Waals surface area contributed by atoms with Crippen molar-refractivity contribution in [2.24, 2.45) is 5.41 Å². The summed E-state index contributed by atoms with van der Waals surface area (Å²) in [6, 6.07) is 9.54. The van der Waals surface area contributed by atoms with E-state index in [2.05, 4.69) is 25.3 Å².